The highest BCUT2D eigenvalue weighted by Crippen LogP contribution is 2.37. The lowest BCUT2D eigenvalue weighted by Crippen LogP contribution is -2.02. The van der Waals surface area contributed by atoms with E-state index in [1.54, 1.807) is 18.3 Å². The summed E-state index contributed by atoms with van der Waals surface area (Å²) in [5.74, 6) is -0.301. The Balaban J connectivity index is 2.05. The van der Waals surface area contributed by atoms with Crippen LogP contribution in [0.1, 0.15) is 39.5 Å². The Hall–Kier alpha value is -2.03. The lowest BCUT2D eigenvalue weighted by atomic mass is 9.95. The van der Waals surface area contributed by atoms with E-state index in [1.807, 2.05) is 12.1 Å². The van der Waals surface area contributed by atoms with Gasteiger partial charge in [0.1, 0.15) is 12.1 Å². The highest BCUT2D eigenvalue weighted by Gasteiger charge is 2.27. The maximum atomic E-state index is 14.0. The van der Waals surface area contributed by atoms with Crippen LogP contribution in [0.3, 0.4) is 0 Å². The quantitative estimate of drug-likeness (QED) is 0.756. The molecule has 1 aliphatic rings. The number of hydrogen-bond donors (Lipinski definition) is 0. The fourth-order valence-corrected chi connectivity index (χ4v) is 2.61. The van der Waals surface area contributed by atoms with Crippen LogP contribution in [0.5, 0.6) is 0 Å². The van der Waals surface area contributed by atoms with Crippen LogP contribution in [0, 0.1) is 5.82 Å². The van der Waals surface area contributed by atoms with Crippen molar-refractivity contribution in [3.05, 3.63) is 64.7 Å². The van der Waals surface area contributed by atoms with Crippen molar-refractivity contribution in [2.24, 2.45) is 0 Å². The maximum absolute atomic E-state index is 14.0. The van der Waals surface area contributed by atoms with E-state index in [-0.39, 0.29) is 11.7 Å². The summed E-state index contributed by atoms with van der Waals surface area (Å²) in [6.45, 7) is 0. The molecule has 90 valence electrons. The molecule has 2 nitrogen and oxygen atoms in total. The minimum absolute atomic E-state index is 0.0157. The van der Waals surface area contributed by atoms with E-state index in [2.05, 4.69) is 4.98 Å². The van der Waals surface area contributed by atoms with Crippen molar-refractivity contribution in [1.29, 1.82) is 0 Å². The summed E-state index contributed by atoms with van der Waals surface area (Å²) in [5.41, 5.74) is 3.17. The molecular weight excluding hydrogens is 229 g/mol. The van der Waals surface area contributed by atoms with Crippen LogP contribution in [0.2, 0.25) is 0 Å². The number of aldehydes is 1. The Morgan fingerprint density at radius 3 is 3.00 bits per heavy atom. The minimum Gasteiger partial charge on any atom is -0.298 e. The number of halogens is 1. The van der Waals surface area contributed by atoms with E-state index in [0.29, 0.717) is 17.4 Å². The van der Waals surface area contributed by atoms with Crippen molar-refractivity contribution in [2.75, 3.05) is 0 Å². The van der Waals surface area contributed by atoms with Crippen LogP contribution in [0.15, 0.2) is 36.5 Å². The molecule has 1 aromatic heterocycles. The standard InChI is InChI=1S/C15H12FNO/c16-14-8-10(9-18)3-5-12(14)13-6-4-11-2-1-7-17-15(11)13/h1-3,5,7-9,13H,4,6H2. The van der Waals surface area contributed by atoms with Crippen LogP contribution < -0.4 is 0 Å². The zero-order valence-electron chi connectivity index (χ0n) is 9.77. The summed E-state index contributed by atoms with van der Waals surface area (Å²) < 4.78 is 14.0. The third-order valence-electron chi connectivity index (χ3n) is 3.49. The highest BCUT2D eigenvalue weighted by molar-refractivity contribution is 5.74. The first kappa shape index (κ1) is 11.1. The molecule has 2 aromatic rings. The zero-order chi connectivity index (χ0) is 12.5. The Labute approximate surface area is 104 Å². The highest BCUT2D eigenvalue weighted by atomic mass is 19.1. The molecule has 0 aliphatic heterocycles. The molecule has 0 N–H and O–H groups in total. The van der Waals surface area contributed by atoms with Gasteiger partial charge in [0, 0.05) is 17.7 Å². The third-order valence-corrected chi connectivity index (χ3v) is 3.49. The molecule has 0 fully saturated rings. The van der Waals surface area contributed by atoms with Crippen molar-refractivity contribution >= 4 is 6.29 Å². The van der Waals surface area contributed by atoms with E-state index in [1.165, 1.54) is 11.6 Å². The smallest absolute Gasteiger partial charge is 0.150 e. The van der Waals surface area contributed by atoms with Crippen LogP contribution in [-0.4, -0.2) is 11.3 Å². The molecule has 0 spiro atoms. The monoisotopic (exact) mass is 241 g/mol. The predicted octanol–water partition coefficient (Wildman–Crippen LogP) is 3.11. The summed E-state index contributed by atoms with van der Waals surface area (Å²) in [6.07, 6.45) is 4.22. The zero-order valence-corrected chi connectivity index (χ0v) is 9.77. The molecule has 1 unspecified atom stereocenters. The van der Waals surface area contributed by atoms with E-state index >= 15 is 0 Å². The topological polar surface area (TPSA) is 30.0 Å². The fraction of sp³-hybridized carbons (Fsp3) is 0.200. The second-order valence-electron chi connectivity index (χ2n) is 4.54. The number of nitrogens with zero attached hydrogens (tertiary/aromatic N) is 1. The second kappa shape index (κ2) is 4.33. The summed E-state index contributed by atoms with van der Waals surface area (Å²) in [6, 6.07) is 8.61. The third kappa shape index (κ3) is 1.72. The van der Waals surface area contributed by atoms with E-state index in [4.69, 9.17) is 0 Å². The van der Waals surface area contributed by atoms with E-state index in [9.17, 15) is 9.18 Å². The number of benzene rings is 1. The van der Waals surface area contributed by atoms with Gasteiger partial charge in [-0.05, 0) is 36.1 Å². The average molecular weight is 241 g/mol. The van der Waals surface area contributed by atoms with Gasteiger partial charge < -0.3 is 0 Å². The summed E-state index contributed by atoms with van der Waals surface area (Å²) in [4.78, 5) is 15.0. The fourth-order valence-electron chi connectivity index (χ4n) is 2.61. The van der Waals surface area contributed by atoms with E-state index in [0.717, 1.165) is 18.5 Å². The Bertz CT molecular complexity index is 609. The molecule has 0 saturated heterocycles. The largest absolute Gasteiger partial charge is 0.298 e. The van der Waals surface area contributed by atoms with Gasteiger partial charge in [-0.2, -0.15) is 0 Å². The van der Waals surface area contributed by atoms with Gasteiger partial charge >= 0.3 is 0 Å². The van der Waals surface area contributed by atoms with Crippen LogP contribution in [0.25, 0.3) is 0 Å². The van der Waals surface area contributed by atoms with Gasteiger partial charge in [-0.15, -0.1) is 0 Å². The summed E-state index contributed by atoms with van der Waals surface area (Å²) in [7, 11) is 0. The normalized spacial score (nSPS) is 17.5. The van der Waals surface area contributed by atoms with Gasteiger partial charge in [-0.3, -0.25) is 9.78 Å². The Morgan fingerprint density at radius 2 is 2.22 bits per heavy atom. The molecule has 0 saturated carbocycles. The number of pyridine rings is 1. The Kier molecular flexibility index (Phi) is 2.67. The number of aryl methyl sites for hydroxylation is 1. The van der Waals surface area contributed by atoms with Gasteiger partial charge in [0.25, 0.3) is 0 Å². The lowest BCUT2D eigenvalue weighted by molar-refractivity contribution is 0.112. The van der Waals surface area contributed by atoms with Gasteiger partial charge in [-0.1, -0.05) is 18.2 Å². The molecule has 1 atom stereocenters. The van der Waals surface area contributed by atoms with Crippen molar-refractivity contribution in [3.63, 3.8) is 0 Å². The molecule has 18 heavy (non-hydrogen) atoms. The predicted molar refractivity (Wildman–Crippen MR) is 66.2 cm³/mol. The molecule has 0 amide bonds. The van der Waals surface area contributed by atoms with Crippen LogP contribution in [-0.2, 0) is 6.42 Å². The summed E-state index contributed by atoms with van der Waals surface area (Å²) in [5, 5.41) is 0. The number of rotatable bonds is 2. The molecule has 3 rings (SSSR count). The van der Waals surface area contributed by atoms with Crippen molar-refractivity contribution in [3.8, 4) is 0 Å². The number of carbonyl (C=O) groups is 1. The van der Waals surface area contributed by atoms with Crippen LogP contribution in [0.4, 0.5) is 4.39 Å². The first-order valence-corrected chi connectivity index (χ1v) is 5.98. The van der Waals surface area contributed by atoms with Gasteiger partial charge in [-0.25, -0.2) is 4.39 Å². The van der Waals surface area contributed by atoms with Crippen molar-refractivity contribution in [1.82, 2.24) is 4.98 Å². The average Bonchev–Trinajstić information content (AvgIpc) is 2.82. The number of carbonyl (C=O) groups excluding carboxylic acids is 1. The van der Waals surface area contributed by atoms with Crippen molar-refractivity contribution < 1.29 is 9.18 Å². The molecule has 1 aromatic carbocycles. The summed E-state index contributed by atoms with van der Waals surface area (Å²) >= 11 is 0. The number of hydrogen-bond acceptors (Lipinski definition) is 2. The SMILES string of the molecule is O=Cc1ccc(C2CCc3cccnc32)c(F)c1. The molecule has 3 heteroatoms. The second-order valence-corrected chi connectivity index (χ2v) is 4.54. The minimum atomic E-state index is -0.317. The molecule has 0 radical (unpaired) electrons. The van der Waals surface area contributed by atoms with E-state index < -0.39 is 0 Å². The number of fused-ring (bicyclic) bond motifs is 1. The van der Waals surface area contributed by atoms with Gasteiger partial charge in [0.2, 0.25) is 0 Å². The Morgan fingerprint density at radius 1 is 1.33 bits per heavy atom. The van der Waals surface area contributed by atoms with Crippen LogP contribution >= 0.6 is 0 Å². The number of aromatic nitrogens is 1. The maximum Gasteiger partial charge on any atom is 0.150 e. The van der Waals surface area contributed by atoms with Crippen molar-refractivity contribution in [2.45, 2.75) is 18.8 Å². The molecule has 1 heterocycles. The first-order valence-electron chi connectivity index (χ1n) is 5.98. The lowest BCUT2D eigenvalue weighted by Gasteiger charge is -2.12. The molecule has 0 bridgehead atoms. The first-order chi connectivity index (χ1) is 8.79. The van der Waals surface area contributed by atoms with Gasteiger partial charge in [0.05, 0.1) is 5.69 Å². The van der Waals surface area contributed by atoms with Gasteiger partial charge in [0.15, 0.2) is 0 Å². The molecule has 1 aliphatic carbocycles. The molecular formula is C15H12FNO.